The van der Waals surface area contributed by atoms with Gasteiger partial charge in [0, 0.05) is 13.0 Å². The second-order valence-corrected chi connectivity index (χ2v) is 12.5. The maximum Gasteiger partial charge on any atom is 0.408 e. The van der Waals surface area contributed by atoms with Gasteiger partial charge in [-0.25, -0.2) is 17.6 Å². The van der Waals surface area contributed by atoms with Gasteiger partial charge in [-0.3, -0.25) is 9.59 Å². The van der Waals surface area contributed by atoms with E-state index in [2.05, 4.69) is 10.6 Å². The molecule has 0 aliphatic carbocycles. The number of rotatable bonds is 7. The number of carbonyl (C=O) groups excluding carboxylic acids is 3. The summed E-state index contributed by atoms with van der Waals surface area (Å²) >= 11 is 0. The fourth-order valence-corrected chi connectivity index (χ4v) is 5.65. The Morgan fingerprint density at radius 3 is 2.36 bits per heavy atom. The molecule has 2 N–H and O–H groups in total. The third kappa shape index (κ3) is 8.41. The number of halogens is 4. The number of alkyl carbamates (subject to hydrolysis) is 1. The minimum Gasteiger partial charge on any atom is -0.444 e. The smallest absolute Gasteiger partial charge is 0.408 e. The lowest BCUT2D eigenvalue weighted by atomic mass is 10.1. The third-order valence-electron chi connectivity index (χ3n) is 5.91. The molecule has 3 amide bonds. The predicted octanol–water partition coefficient (Wildman–Crippen LogP) is 3.98. The van der Waals surface area contributed by atoms with Crippen LogP contribution in [0.4, 0.5) is 28.0 Å². The molecule has 1 heterocycles. The van der Waals surface area contributed by atoms with E-state index in [1.807, 2.05) is 6.07 Å². The minimum atomic E-state index is -4.46. The maximum atomic E-state index is 15.1. The van der Waals surface area contributed by atoms with Crippen LogP contribution in [-0.4, -0.2) is 56.4 Å². The molecule has 10 nitrogen and oxygen atoms in total. The van der Waals surface area contributed by atoms with Gasteiger partial charge in [0.2, 0.25) is 0 Å². The van der Waals surface area contributed by atoms with Crippen LogP contribution in [0.25, 0.3) is 0 Å². The summed E-state index contributed by atoms with van der Waals surface area (Å²) in [4.78, 5) is 39.2. The van der Waals surface area contributed by atoms with Gasteiger partial charge in [-0.2, -0.15) is 18.4 Å². The number of fused-ring (bicyclic) bond motifs is 1. The molecule has 15 heteroatoms. The molecule has 0 bridgehead atoms. The second-order valence-electron chi connectivity index (χ2n) is 10.5. The molecule has 1 aliphatic heterocycles. The molecule has 0 fully saturated rings. The van der Waals surface area contributed by atoms with Crippen molar-refractivity contribution in [3.63, 3.8) is 0 Å². The highest BCUT2D eigenvalue weighted by Crippen LogP contribution is 2.34. The standard InChI is InChI=1S/C27H28F4N4O6S/c1-26(2,3)41-25(38)34-20-15-42(39,40)22-12-19(28)18(23(36)33-10-4-9-27(29,30)31)11-21(22)35(24(20)37)14-17-7-5-16(13-32)6-8-17/h5-8,11-12,20H,4,9-10,14-15H2,1-3H3,(H,33,36)(H,34,38)/t20-/m0/s1. The van der Waals surface area contributed by atoms with Crippen LogP contribution < -0.4 is 15.5 Å². The van der Waals surface area contributed by atoms with Crippen LogP contribution in [0, 0.1) is 17.1 Å². The number of alkyl halides is 3. The second kappa shape index (κ2) is 12.4. The molecule has 1 atom stereocenters. The van der Waals surface area contributed by atoms with E-state index in [9.17, 15) is 36.0 Å². The molecular formula is C27H28F4N4O6S. The van der Waals surface area contributed by atoms with Crippen LogP contribution in [-0.2, 0) is 25.9 Å². The summed E-state index contributed by atoms with van der Waals surface area (Å²) in [6.45, 7) is 3.93. The van der Waals surface area contributed by atoms with Crippen LogP contribution in [0.3, 0.4) is 0 Å². The van der Waals surface area contributed by atoms with Crippen molar-refractivity contribution in [1.82, 2.24) is 10.6 Å². The van der Waals surface area contributed by atoms with Crippen molar-refractivity contribution in [3.8, 4) is 6.07 Å². The Bertz CT molecular complexity index is 1510. The van der Waals surface area contributed by atoms with E-state index in [1.54, 1.807) is 20.8 Å². The zero-order valence-corrected chi connectivity index (χ0v) is 23.7. The Hall–Kier alpha value is -4.19. The molecule has 42 heavy (non-hydrogen) atoms. The predicted molar refractivity (Wildman–Crippen MR) is 142 cm³/mol. The zero-order chi connectivity index (χ0) is 31.5. The van der Waals surface area contributed by atoms with Gasteiger partial charge in [0.1, 0.15) is 17.5 Å². The van der Waals surface area contributed by atoms with Crippen LogP contribution in [0.15, 0.2) is 41.3 Å². The number of nitriles is 1. The quantitative estimate of drug-likeness (QED) is 0.355. The molecule has 1 aliphatic rings. The number of anilines is 1. The molecule has 0 saturated heterocycles. The highest BCUT2D eigenvalue weighted by Gasteiger charge is 2.40. The molecule has 0 saturated carbocycles. The average molecular weight is 613 g/mol. The summed E-state index contributed by atoms with van der Waals surface area (Å²) < 4.78 is 84.3. The molecule has 2 aromatic rings. The lowest BCUT2D eigenvalue weighted by Gasteiger charge is -2.27. The normalized spacial score (nSPS) is 16.6. The van der Waals surface area contributed by atoms with E-state index in [-0.39, 0.29) is 12.2 Å². The van der Waals surface area contributed by atoms with E-state index in [1.165, 1.54) is 24.3 Å². The SMILES string of the molecule is CC(C)(C)OC(=O)N[C@H]1CS(=O)(=O)c2cc(F)c(C(=O)NCCCC(F)(F)F)cc2N(Cc2ccc(C#N)cc2)C1=O. The van der Waals surface area contributed by atoms with Crippen molar-refractivity contribution in [2.24, 2.45) is 0 Å². The summed E-state index contributed by atoms with van der Waals surface area (Å²) in [6, 6.07) is 7.57. The fourth-order valence-electron chi connectivity index (χ4n) is 4.03. The van der Waals surface area contributed by atoms with Gasteiger partial charge >= 0.3 is 12.3 Å². The molecule has 0 unspecified atom stereocenters. The maximum absolute atomic E-state index is 15.1. The number of ether oxygens (including phenoxy) is 1. The molecule has 0 aromatic heterocycles. The first kappa shape index (κ1) is 32.3. The van der Waals surface area contributed by atoms with Gasteiger partial charge in [0.05, 0.1) is 40.1 Å². The lowest BCUT2D eigenvalue weighted by molar-refractivity contribution is -0.135. The average Bonchev–Trinajstić information content (AvgIpc) is 2.93. The van der Waals surface area contributed by atoms with Crippen molar-refractivity contribution in [3.05, 3.63) is 58.9 Å². The van der Waals surface area contributed by atoms with Gasteiger partial charge in [0.25, 0.3) is 11.8 Å². The van der Waals surface area contributed by atoms with Crippen molar-refractivity contribution >= 4 is 33.4 Å². The topological polar surface area (TPSA) is 146 Å². The van der Waals surface area contributed by atoms with E-state index in [0.29, 0.717) is 17.2 Å². The summed E-state index contributed by atoms with van der Waals surface area (Å²) in [7, 11) is -4.46. The summed E-state index contributed by atoms with van der Waals surface area (Å²) in [5.41, 5.74) is -1.33. The van der Waals surface area contributed by atoms with Crippen LogP contribution in [0.1, 0.15) is 55.1 Å². The first-order valence-electron chi connectivity index (χ1n) is 12.6. The first-order chi connectivity index (χ1) is 19.4. The van der Waals surface area contributed by atoms with Gasteiger partial charge in [-0.1, -0.05) is 12.1 Å². The molecule has 226 valence electrons. The fraction of sp³-hybridized carbons (Fsp3) is 0.407. The van der Waals surface area contributed by atoms with E-state index in [4.69, 9.17) is 10.00 Å². The summed E-state index contributed by atoms with van der Waals surface area (Å²) in [6.07, 6.45) is -7.19. The minimum absolute atomic E-state index is 0.306. The van der Waals surface area contributed by atoms with Gasteiger partial charge in [0.15, 0.2) is 9.84 Å². The van der Waals surface area contributed by atoms with Gasteiger partial charge < -0.3 is 20.3 Å². The number of benzene rings is 2. The Kier molecular flexibility index (Phi) is 9.51. The highest BCUT2D eigenvalue weighted by molar-refractivity contribution is 7.91. The van der Waals surface area contributed by atoms with Crippen LogP contribution >= 0.6 is 0 Å². The van der Waals surface area contributed by atoms with Crippen LogP contribution in [0.5, 0.6) is 0 Å². The first-order valence-corrected chi connectivity index (χ1v) is 14.3. The number of carbonyl (C=O) groups is 3. The number of amides is 3. The molecule has 0 radical (unpaired) electrons. The summed E-state index contributed by atoms with van der Waals surface area (Å²) in [5.74, 6) is -4.27. The molecule has 0 spiro atoms. The zero-order valence-electron chi connectivity index (χ0n) is 22.8. The Balaban J connectivity index is 2.05. The number of hydrogen-bond donors (Lipinski definition) is 2. The van der Waals surface area contributed by atoms with Crippen molar-refractivity contribution in [2.75, 3.05) is 17.2 Å². The Labute approximate surface area is 239 Å². The Morgan fingerprint density at radius 1 is 1.14 bits per heavy atom. The largest absolute Gasteiger partial charge is 0.444 e. The van der Waals surface area contributed by atoms with E-state index >= 15 is 4.39 Å². The lowest BCUT2D eigenvalue weighted by Crippen LogP contribution is -2.51. The highest BCUT2D eigenvalue weighted by atomic mass is 32.2. The number of hydrogen-bond acceptors (Lipinski definition) is 7. The molecular weight excluding hydrogens is 584 g/mol. The van der Waals surface area contributed by atoms with Crippen molar-refractivity contribution in [1.29, 1.82) is 5.26 Å². The number of sulfone groups is 1. The number of nitrogens with one attached hydrogen (secondary N) is 2. The van der Waals surface area contributed by atoms with Crippen LogP contribution in [0.2, 0.25) is 0 Å². The number of nitrogens with zero attached hydrogens (tertiary/aromatic N) is 2. The summed E-state index contributed by atoms with van der Waals surface area (Å²) in [5, 5.41) is 13.5. The van der Waals surface area contributed by atoms with Crippen molar-refractivity contribution in [2.45, 2.75) is 62.9 Å². The van der Waals surface area contributed by atoms with Crippen molar-refractivity contribution < 1.29 is 45.1 Å². The van der Waals surface area contributed by atoms with E-state index in [0.717, 1.165) is 11.0 Å². The van der Waals surface area contributed by atoms with Gasteiger partial charge in [-0.15, -0.1) is 0 Å². The van der Waals surface area contributed by atoms with E-state index < -0.39 is 87.0 Å². The Morgan fingerprint density at radius 2 is 1.79 bits per heavy atom. The monoisotopic (exact) mass is 612 g/mol. The molecule has 2 aromatic carbocycles. The van der Waals surface area contributed by atoms with Gasteiger partial charge in [-0.05, 0) is 57.0 Å². The molecule has 3 rings (SSSR count). The third-order valence-corrected chi connectivity index (χ3v) is 7.68.